The maximum atomic E-state index is 12.2. The molecule has 2 unspecified atom stereocenters. The zero-order valence-electron chi connectivity index (χ0n) is 13.1. The Kier molecular flexibility index (Phi) is 4.64. The molecule has 2 atom stereocenters. The molecule has 1 amide bonds. The van der Waals surface area contributed by atoms with Gasteiger partial charge in [-0.25, -0.2) is 0 Å². The van der Waals surface area contributed by atoms with Crippen LogP contribution in [0.5, 0.6) is 0 Å². The molecule has 5 nitrogen and oxygen atoms in total. The molecule has 120 valence electrons. The summed E-state index contributed by atoms with van der Waals surface area (Å²) in [6, 6.07) is 3.95. The topological polar surface area (TPSA) is 56.9 Å². The Labute approximate surface area is 131 Å². The van der Waals surface area contributed by atoms with Crippen LogP contribution in [0.1, 0.15) is 30.8 Å². The minimum atomic E-state index is 0.0291. The van der Waals surface area contributed by atoms with Gasteiger partial charge in [0, 0.05) is 44.7 Å². The molecule has 1 saturated heterocycles. The molecule has 2 fully saturated rings. The summed E-state index contributed by atoms with van der Waals surface area (Å²) in [6.07, 6.45) is 4.56. The van der Waals surface area contributed by atoms with E-state index in [-0.39, 0.29) is 12.5 Å². The van der Waals surface area contributed by atoms with Gasteiger partial charge in [0.15, 0.2) is 0 Å². The number of hydrogen-bond acceptors (Lipinski definition) is 4. The van der Waals surface area contributed by atoms with E-state index in [0.717, 1.165) is 30.5 Å². The quantitative estimate of drug-likeness (QED) is 0.839. The first-order chi connectivity index (χ1) is 10.7. The van der Waals surface area contributed by atoms with Crippen LogP contribution in [0.25, 0.3) is 6.08 Å². The average molecular weight is 304 g/mol. The van der Waals surface area contributed by atoms with Crippen LogP contribution in [0.4, 0.5) is 0 Å². The Morgan fingerprint density at radius 1 is 1.36 bits per heavy atom. The van der Waals surface area contributed by atoms with Crippen LogP contribution in [0.15, 0.2) is 22.6 Å². The molecule has 0 spiro atoms. The lowest BCUT2D eigenvalue weighted by molar-refractivity contribution is -0.127. The van der Waals surface area contributed by atoms with Crippen LogP contribution in [0.3, 0.4) is 0 Å². The molecule has 0 bridgehead atoms. The van der Waals surface area contributed by atoms with Crippen molar-refractivity contribution >= 4 is 12.0 Å². The van der Waals surface area contributed by atoms with Gasteiger partial charge in [-0.15, -0.1) is 0 Å². The summed E-state index contributed by atoms with van der Waals surface area (Å²) in [5.74, 6) is 3.11. The average Bonchev–Trinajstić information content (AvgIpc) is 3.08. The first-order valence-electron chi connectivity index (χ1n) is 8.07. The molecule has 2 aliphatic rings. The van der Waals surface area contributed by atoms with Crippen molar-refractivity contribution in [2.45, 2.75) is 19.3 Å². The third-order valence-electron chi connectivity index (χ3n) is 4.61. The third kappa shape index (κ3) is 3.59. The largest absolute Gasteiger partial charge is 0.461 e. The monoisotopic (exact) mass is 304 g/mol. The van der Waals surface area contributed by atoms with Crippen molar-refractivity contribution in [1.29, 1.82) is 0 Å². The number of aliphatic hydroxyl groups excluding tert-OH is 1. The molecule has 2 heterocycles. The van der Waals surface area contributed by atoms with E-state index in [4.69, 9.17) is 9.52 Å². The summed E-state index contributed by atoms with van der Waals surface area (Å²) in [6.45, 7) is 6.16. The normalized spacial score (nSPS) is 25.8. The summed E-state index contributed by atoms with van der Waals surface area (Å²) in [4.78, 5) is 16.2. The summed E-state index contributed by atoms with van der Waals surface area (Å²) < 4.78 is 5.77. The fourth-order valence-corrected chi connectivity index (χ4v) is 2.97. The first kappa shape index (κ1) is 15.3. The minimum absolute atomic E-state index is 0.0291. The molecule has 0 aromatic carbocycles. The molecule has 1 N–H and O–H groups in total. The first-order valence-corrected chi connectivity index (χ1v) is 8.07. The van der Waals surface area contributed by atoms with Gasteiger partial charge in [-0.2, -0.15) is 0 Å². The predicted octanol–water partition coefficient (Wildman–Crippen LogP) is 1.55. The molecule has 1 aromatic heterocycles. The van der Waals surface area contributed by atoms with Gasteiger partial charge in [-0.3, -0.25) is 9.69 Å². The van der Waals surface area contributed by atoms with Gasteiger partial charge in [0.05, 0.1) is 6.61 Å². The maximum Gasteiger partial charge on any atom is 0.246 e. The smallest absolute Gasteiger partial charge is 0.246 e. The van der Waals surface area contributed by atoms with E-state index < -0.39 is 0 Å². The van der Waals surface area contributed by atoms with E-state index in [1.165, 1.54) is 6.42 Å². The van der Waals surface area contributed by atoms with Crippen LogP contribution >= 0.6 is 0 Å². The Balaban J connectivity index is 1.50. The van der Waals surface area contributed by atoms with Crippen molar-refractivity contribution in [3.05, 3.63) is 29.7 Å². The molecule has 1 aliphatic heterocycles. The van der Waals surface area contributed by atoms with Gasteiger partial charge < -0.3 is 14.4 Å². The standard InChI is InChI=1S/C17H24N2O3/c1-13-12-15(13)16-4-2-14(22-16)3-5-17(21)19-8-6-18(7-9-19)10-11-20/h2-5,13,15,20H,6-12H2,1H3. The van der Waals surface area contributed by atoms with Crippen LogP contribution in [0, 0.1) is 5.92 Å². The van der Waals surface area contributed by atoms with Gasteiger partial charge in [0.2, 0.25) is 5.91 Å². The Morgan fingerprint density at radius 3 is 2.73 bits per heavy atom. The predicted molar refractivity (Wildman–Crippen MR) is 84.4 cm³/mol. The Bertz CT molecular complexity index is 544. The SMILES string of the molecule is CC1CC1c1ccc(C=CC(=O)N2CCN(CCO)CC2)o1. The van der Waals surface area contributed by atoms with Crippen LogP contribution < -0.4 is 0 Å². The molecule has 1 aliphatic carbocycles. The number of amides is 1. The van der Waals surface area contributed by atoms with E-state index in [0.29, 0.717) is 25.6 Å². The van der Waals surface area contributed by atoms with Gasteiger partial charge in [-0.1, -0.05) is 6.92 Å². The number of carbonyl (C=O) groups is 1. The van der Waals surface area contributed by atoms with Crippen LogP contribution in [-0.2, 0) is 4.79 Å². The highest BCUT2D eigenvalue weighted by atomic mass is 16.3. The highest BCUT2D eigenvalue weighted by molar-refractivity contribution is 5.91. The zero-order chi connectivity index (χ0) is 15.5. The van der Waals surface area contributed by atoms with Crippen molar-refractivity contribution in [2.75, 3.05) is 39.3 Å². The summed E-state index contributed by atoms with van der Waals surface area (Å²) in [5.41, 5.74) is 0. The number of nitrogens with zero attached hydrogens (tertiary/aromatic N) is 2. The number of furan rings is 1. The molecule has 22 heavy (non-hydrogen) atoms. The van der Waals surface area contributed by atoms with Crippen LogP contribution in [-0.4, -0.2) is 60.1 Å². The van der Waals surface area contributed by atoms with E-state index in [1.54, 1.807) is 12.2 Å². The highest BCUT2D eigenvalue weighted by Crippen LogP contribution is 2.47. The molecular formula is C17H24N2O3. The van der Waals surface area contributed by atoms with E-state index >= 15 is 0 Å². The number of piperazine rings is 1. The Morgan fingerprint density at radius 2 is 2.09 bits per heavy atom. The molecule has 5 heteroatoms. The maximum absolute atomic E-state index is 12.2. The number of β-amino-alcohol motifs (C(OH)–C–C–N with tert-alkyl or cyclic N) is 1. The zero-order valence-corrected chi connectivity index (χ0v) is 13.1. The fourth-order valence-electron chi connectivity index (χ4n) is 2.97. The second-order valence-electron chi connectivity index (χ2n) is 6.28. The van der Waals surface area contributed by atoms with Gasteiger partial charge >= 0.3 is 0 Å². The molecule has 1 saturated carbocycles. The lowest BCUT2D eigenvalue weighted by atomic mass is 10.2. The van der Waals surface area contributed by atoms with E-state index in [9.17, 15) is 4.79 Å². The van der Waals surface area contributed by atoms with Gasteiger partial charge in [-0.05, 0) is 30.5 Å². The summed E-state index contributed by atoms with van der Waals surface area (Å²) >= 11 is 0. The molecule has 3 rings (SSSR count). The Hall–Kier alpha value is -1.59. The minimum Gasteiger partial charge on any atom is -0.461 e. The second kappa shape index (κ2) is 6.67. The molecule has 1 aromatic rings. The van der Waals surface area contributed by atoms with Crippen molar-refractivity contribution in [3.8, 4) is 0 Å². The molecular weight excluding hydrogens is 280 g/mol. The number of aliphatic hydroxyl groups is 1. The van der Waals surface area contributed by atoms with Gasteiger partial charge in [0.25, 0.3) is 0 Å². The lowest BCUT2D eigenvalue weighted by Gasteiger charge is -2.33. The van der Waals surface area contributed by atoms with E-state index in [2.05, 4.69) is 11.8 Å². The van der Waals surface area contributed by atoms with Crippen molar-refractivity contribution < 1.29 is 14.3 Å². The number of hydrogen-bond donors (Lipinski definition) is 1. The summed E-state index contributed by atoms with van der Waals surface area (Å²) in [5, 5.41) is 8.92. The van der Waals surface area contributed by atoms with Crippen molar-refractivity contribution in [3.63, 3.8) is 0 Å². The second-order valence-corrected chi connectivity index (χ2v) is 6.28. The van der Waals surface area contributed by atoms with E-state index in [1.807, 2.05) is 17.0 Å². The van der Waals surface area contributed by atoms with Crippen molar-refractivity contribution in [1.82, 2.24) is 9.80 Å². The fraction of sp³-hybridized carbons (Fsp3) is 0.588. The van der Waals surface area contributed by atoms with Crippen LogP contribution in [0.2, 0.25) is 0 Å². The molecule has 0 radical (unpaired) electrons. The van der Waals surface area contributed by atoms with Gasteiger partial charge in [0.1, 0.15) is 11.5 Å². The van der Waals surface area contributed by atoms with Crippen molar-refractivity contribution in [2.24, 2.45) is 5.92 Å². The number of rotatable bonds is 5. The number of carbonyl (C=O) groups excluding carboxylic acids is 1. The summed E-state index contributed by atoms with van der Waals surface area (Å²) in [7, 11) is 0. The lowest BCUT2D eigenvalue weighted by Crippen LogP contribution is -2.48. The third-order valence-corrected chi connectivity index (χ3v) is 4.61. The highest BCUT2D eigenvalue weighted by Gasteiger charge is 2.36.